The molecule has 0 saturated heterocycles. The van der Waals surface area contributed by atoms with Gasteiger partial charge in [-0.05, 0) is 80.9 Å². The molecule has 11 aromatic rings. The number of fused-ring (bicyclic) bond motifs is 11. The number of anilines is 3. The highest BCUT2D eigenvalue weighted by Crippen LogP contribution is 2.52. The number of furan rings is 1. The maximum Gasteiger partial charge on any atom is 0.143 e. The number of nitrogens with zero attached hydrogens (tertiary/aromatic N) is 1. The number of rotatable bonds is 4. The largest absolute Gasteiger partial charge is 0.455 e. The molecule has 0 saturated carbocycles. The Kier molecular flexibility index (Phi) is 6.59. The lowest BCUT2D eigenvalue weighted by atomic mass is 9.82. The van der Waals surface area contributed by atoms with Crippen molar-refractivity contribution in [1.82, 2.24) is 0 Å². The molecule has 0 spiro atoms. The van der Waals surface area contributed by atoms with Crippen molar-refractivity contribution in [3.63, 3.8) is 0 Å². The first-order chi connectivity index (χ1) is 27.5. The summed E-state index contributed by atoms with van der Waals surface area (Å²) in [4.78, 5) is 2.42. The van der Waals surface area contributed by atoms with Crippen LogP contribution in [-0.4, -0.2) is 0 Å². The molecule has 2 heterocycles. The van der Waals surface area contributed by atoms with Crippen molar-refractivity contribution >= 4 is 92.1 Å². The summed E-state index contributed by atoms with van der Waals surface area (Å²) >= 11 is 1.87. The predicted molar refractivity (Wildman–Crippen MR) is 239 cm³/mol. The Morgan fingerprint density at radius 2 is 1.12 bits per heavy atom. The van der Waals surface area contributed by atoms with Gasteiger partial charge in [-0.1, -0.05) is 141 Å². The van der Waals surface area contributed by atoms with Crippen LogP contribution in [0, 0.1) is 0 Å². The van der Waals surface area contributed by atoms with Gasteiger partial charge in [0, 0.05) is 70.3 Å². The van der Waals surface area contributed by atoms with E-state index in [2.05, 4.69) is 195 Å². The standard InChI is InChI=1S/C53H35NOS/c1-53(2)45-22-9-7-18-38(45)39-27-25-34(30-46(39)53)54(47-23-11-15-32-13-3-5-16-36(32)47)35-26-28-40-44-29-33-14-4-6-17-37(33)50(51(44)55-48(40)31-35)43-21-12-20-42-41-19-8-10-24-49(41)56-52(42)43/h3-31H,1-2H3. The first-order valence-electron chi connectivity index (χ1n) is 19.3. The Morgan fingerprint density at radius 3 is 2.04 bits per heavy atom. The smallest absolute Gasteiger partial charge is 0.143 e. The lowest BCUT2D eigenvalue weighted by molar-refractivity contribution is 0.660. The second-order valence-electron chi connectivity index (χ2n) is 15.6. The molecule has 0 atom stereocenters. The monoisotopic (exact) mass is 733 g/mol. The third-order valence-electron chi connectivity index (χ3n) is 12.2. The topological polar surface area (TPSA) is 16.4 Å². The van der Waals surface area contributed by atoms with E-state index < -0.39 is 0 Å². The molecule has 3 heteroatoms. The van der Waals surface area contributed by atoms with E-state index in [1.165, 1.54) is 69.5 Å². The molecule has 2 aromatic heterocycles. The molecular weight excluding hydrogens is 699 g/mol. The normalized spacial score (nSPS) is 13.3. The Hall–Kier alpha value is -6.68. The molecule has 0 radical (unpaired) electrons. The van der Waals surface area contributed by atoms with E-state index in [4.69, 9.17) is 4.42 Å². The molecule has 9 aromatic carbocycles. The molecule has 0 N–H and O–H groups in total. The summed E-state index contributed by atoms with van der Waals surface area (Å²) in [6.07, 6.45) is 0. The minimum absolute atomic E-state index is 0.120. The van der Waals surface area contributed by atoms with Gasteiger partial charge in [0.25, 0.3) is 0 Å². The van der Waals surface area contributed by atoms with E-state index in [0.717, 1.165) is 44.6 Å². The zero-order valence-electron chi connectivity index (χ0n) is 31.0. The molecule has 0 aliphatic heterocycles. The maximum atomic E-state index is 7.15. The molecule has 0 amide bonds. The molecule has 0 unspecified atom stereocenters. The summed E-state index contributed by atoms with van der Waals surface area (Å²) in [6, 6.07) is 64.5. The van der Waals surface area contributed by atoms with Crippen molar-refractivity contribution in [3.05, 3.63) is 187 Å². The number of benzene rings is 9. The number of hydrogen-bond acceptors (Lipinski definition) is 3. The molecule has 1 aliphatic carbocycles. The Labute approximate surface area is 328 Å². The fourth-order valence-corrected chi connectivity index (χ4v) is 10.8. The lowest BCUT2D eigenvalue weighted by Gasteiger charge is -2.29. The predicted octanol–water partition coefficient (Wildman–Crippen LogP) is 15.7. The fourth-order valence-electron chi connectivity index (χ4n) is 9.58. The Morgan fingerprint density at radius 1 is 0.464 bits per heavy atom. The lowest BCUT2D eigenvalue weighted by Crippen LogP contribution is -2.16. The fraction of sp³-hybridized carbons (Fsp3) is 0.0566. The van der Waals surface area contributed by atoms with Crippen LogP contribution in [0.5, 0.6) is 0 Å². The molecule has 0 bridgehead atoms. The van der Waals surface area contributed by atoms with Crippen molar-refractivity contribution in [2.75, 3.05) is 4.90 Å². The summed E-state index contributed by atoms with van der Waals surface area (Å²) < 4.78 is 9.73. The van der Waals surface area contributed by atoms with E-state index in [9.17, 15) is 0 Å². The van der Waals surface area contributed by atoms with Gasteiger partial charge in [-0.25, -0.2) is 0 Å². The summed E-state index contributed by atoms with van der Waals surface area (Å²) in [6.45, 7) is 4.70. The van der Waals surface area contributed by atoms with Gasteiger partial charge in [0.05, 0.1) is 5.69 Å². The average Bonchev–Trinajstić information content (AvgIpc) is 3.87. The van der Waals surface area contributed by atoms with Crippen molar-refractivity contribution in [3.8, 4) is 22.3 Å². The van der Waals surface area contributed by atoms with Crippen molar-refractivity contribution in [1.29, 1.82) is 0 Å². The molecule has 264 valence electrons. The minimum atomic E-state index is -0.120. The Bertz CT molecular complexity index is 3410. The third kappa shape index (κ3) is 4.43. The summed E-state index contributed by atoms with van der Waals surface area (Å²) in [7, 11) is 0. The van der Waals surface area contributed by atoms with Gasteiger partial charge < -0.3 is 9.32 Å². The van der Waals surface area contributed by atoms with Gasteiger partial charge in [-0.15, -0.1) is 11.3 Å². The van der Waals surface area contributed by atoms with Crippen molar-refractivity contribution in [2.24, 2.45) is 0 Å². The van der Waals surface area contributed by atoms with Crippen LogP contribution >= 0.6 is 11.3 Å². The Balaban J connectivity index is 1.11. The summed E-state index contributed by atoms with van der Waals surface area (Å²) in [5.41, 5.74) is 12.7. The minimum Gasteiger partial charge on any atom is -0.455 e. The summed E-state index contributed by atoms with van der Waals surface area (Å²) in [5, 5.41) is 9.65. The van der Waals surface area contributed by atoms with Gasteiger partial charge in [-0.3, -0.25) is 0 Å². The highest BCUT2D eigenvalue weighted by molar-refractivity contribution is 7.26. The van der Waals surface area contributed by atoms with Crippen LogP contribution < -0.4 is 4.90 Å². The molecular formula is C53H35NOS. The highest BCUT2D eigenvalue weighted by atomic mass is 32.1. The average molecular weight is 734 g/mol. The van der Waals surface area contributed by atoms with Gasteiger partial charge in [0.15, 0.2) is 0 Å². The van der Waals surface area contributed by atoms with Gasteiger partial charge >= 0.3 is 0 Å². The van der Waals surface area contributed by atoms with Gasteiger partial charge in [0.2, 0.25) is 0 Å². The van der Waals surface area contributed by atoms with Crippen LogP contribution in [0.2, 0.25) is 0 Å². The molecule has 0 fully saturated rings. The van der Waals surface area contributed by atoms with Crippen LogP contribution in [0.4, 0.5) is 17.1 Å². The zero-order valence-corrected chi connectivity index (χ0v) is 31.8. The van der Waals surface area contributed by atoms with E-state index in [0.29, 0.717) is 0 Å². The number of hydrogen-bond donors (Lipinski definition) is 0. The van der Waals surface area contributed by atoms with Gasteiger partial charge in [0.1, 0.15) is 11.2 Å². The zero-order chi connectivity index (χ0) is 37.1. The van der Waals surface area contributed by atoms with Gasteiger partial charge in [-0.2, -0.15) is 0 Å². The first kappa shape index (κ1) is 31.6. The van der Waals surface area contributed by atoms with Crippen molar-refractivity contribution < 1.29 is 4.42 Å². The van der Waals surface area contributed by atoms with E-state index in [1.54, 1.807) is 0 Å². The SMILES string of the molecule is CC1(C)c2ccccc2-c2ccc(N(c3ccc4c(c3)oc3c(-c5cccc6c5sc5ccccc56)c5ccccc5cc34)c3cccc4ccccc34)cc21. The molecule has 2 nitrogen and oxygen atoms in total. The molecule has 1 aliphatic rings. The maximum absolute atomic E-state index is 7.15. The quantitative estimate of drug-likeness (QED) is 0.179. The van der Waals surface area contributed by atoms with Crippen molar-refractivity contribution in [2.45, 2.75) is 19.3 Å². The van der Waals surface area contributed by atoms with Crippen LogP contribution in [0.1, 0.15) is 25.0 Å². The first-order valence-corrected chi connectivity index (χ1v) is 20.2. The second kappa shape index (κ2) is 11.7. The molecule has 12 rings (SSSR count). The van der Waals surface area contributed by atoms with E-state index in [1.807, 2.05) is 11.3 Å². The highest BCUT2D eigenvalue weighted by Gasteiger charge is 2.36. The van der Waals surface area contributed by atoms with E-state index >= 15 is 0 Å². The number of thiophene rings is 1. The van der Waals surface area contributed by atoms with Crippen LogP contribution in [0.3, 0.4) is 0 Å². The van der Waals surface area contributed by atoms with Crippen LogP contribution in [0.25, 0.3) is 85.9 Å². The van der Waals surface area contributed by atoms with E-state index in [-0.39, 0.29) is 5.41 Å². The van der Waals surface area contributed by atoms with Crippen LogP contribution in [-0.2, 0) is 5.41 Å². The third-order valence-corrected chi connectivity index (χ3v) is 13.5. The summed E-state index contributed by atoms with van der Waals surface area (Å²) in [5.74, 6) is 0. The molecule has 56 heavy (non-hydrogen) atoms. The second-order valence-corrected chi connectivity index (χ2v) is 16.7. The van der Waals surface area contributed by atoms with Crippen LogP contribution in [0.15, 0.2) is 180 Å².